The molecule has 0 radical (unpaired) electrons. The summed E-state index contributed by atoms with van der Waals surface area (Å²) in [5.41, 5.74) is 0. The van der Waals surface area contributed by atoms with E-state index in [2.05, 4.69) is 10.2 Å². The van der Waals surface area contributed by atoms with Gasteiger partial charge in [-0.1, -0.05) is 0 Å². The molecule has 1 rings (SSSR count). The fraction of sp³-hybridized carbons (Fsp3) is 0.909. The Morgan fingerprint density at radius 2 is 1.88 bits per heavy atom. The summed E-state index contributed by atoms with van der Waals surface area (Å²) in [4.78, 5) is 13.5. The Morgan fingerprint density at radius 1 is 1.18 bits per heavy atom. The Morgan fingerprint density at radius 3 is 2.59 bits per heavy atom. The van der Waals surface area contributed by atoms with Gasteiger partial charge >= 0.3 is 5.97 Å². The van der Waals surface area contributed by atoms with Crippen LogP contribution in [0.5, 0.6) is 0 Å². The molecule has 0 aromatic carbocycles. The highest BCUT2D eigenvalue weighted by Gasteiger charge is 2.13. The van der Waals surface area contributed by atoms with Crippen molar-refractivity contribution in [3.63, 3.8) is 0 Å². The molecule has 1 aliphatic heterocycles. The number of methoxy groups -OCH3 is 1. The Hall–Kier alpha value is -0.690. The molecule has 0 amide bonds. The molecular weight excluding hydrogens is 224 g/mol. The summed E-state index contributed by atoms with van der Waals surface area (Å²) in [5.74, 6) is -0.178. The predicted octanol–water partition coefficient (Wildman–Crippen LogP) is -0.902. The number of hydrogen-bond donors (Lipinski definition) is 1. The lowest BCUT2D eigenvalue weighted by molar-refractivity contribution is -0.146. The van der Waals surface area contributed by atoms with Crippen molar-refractivity contribution >= 4 is 5.97 Å². The molecule has 17 heavy (non-hydrogen) atoms. The normalized spacial score (nSPS) is 17.0. The second kappa shape index (κ2) is 9.35. The summed E-state index contributed by atoms with van der Waals surface area (Å²) in [6, 6.07) is 0. The molecule has 1 aliphatic rings. The first-order chi connectivity index (χ1) is 8.33. The molecule has 0 unspecified atom stereocenters. The van der Waals surface area contributed by atoms with E-state index >= 15 is 0 Å². The van der Waals surface area contributed by atoms with E-state index in [4.69, 9.17) is 14.2 Å². The topological polar surface area (TPSA) is 60.0 Å². The van der Waals surface area contributed by atoms with Crippen molar-refractivity contribution in [2.75, 3.05) is 66.3 Å². The van der Waals surface area contributed by atoms with E-state index in [9.17, 15) is 4.79 Å². The summed E-state index contributed by atoms with van der Waals surface area (Å²) in [6.07, 6.45) is 0. The van der Waals surface area contributed by atoms with Crippen molar-refractivity contribution in [1.82, 2.24) is 10.2 Å². The van der Waals surface area contributed by atoms with E-state index < -0.39 is 0 Å². The Balaban J connectivity index is 1.93. The minimum Gasteiger partial charge on any atom is -0.462 e. The molecule has 1 N–H and O–H groups in total. The first-order valence-corrected chi connectivity index (χ1v) is 5.98. The van der Waals surface area contributed by atoms with Gasteiger partial charge in [0.1, 0.15) is 6.61 Å². The van der Waals surface area contributed by atoms with E-state index in [1.54, 1.807) is 7.11 Å². The molecule has 0 bridgehead atoms. The average molecular weight is 246 g/mol. The summed E-state index contributed by atoms with van der Waals surface area (Å²) < 4.78 is 15.1. The number of rotatable bonds is 8. The van der Waals surface area contributed by atoms with Gasteiger partial charge in [0.05, 0.1) is 26.4 Å². The van der Waals surface area contributed by atoms with Gasteiger partial charge in [-0.05, 0) is 0 Å². The van der Waals surface area contributed by atoms with Gasteiger partial charge in [-0.2, -0.15) is 0 Å². The van der Waals surface area contributed by atoms with Gasteiger partial charge < -0.3 is 19.5 Å². The molecule has 0 aromatic rings. The number of piperazine rings is 1. The molecule has 0 aromatic heterocycles. The lowest BCUT2D eigenvalue weighted by atomic mass is 10.3. The Bertz CT molecular complexity index is 208. The van der Waals surface area contributed by atoms with Crippen molar-refractivity contribution in [2.45, 2.75) is 0 Å². The van der Waals surface area contributed by atoms with E-state index in [0.717, 1.165) is 26.2 Å². The van der Waals surface area contributed by atoms with Crippen LogP contribution in [0.2, 0.25) is 0 Å². The Kier molecular flexibility index (Phi) is 7.91. The van der Waals surface area contributed by atoms with E-state index in [0.29, 0.717) is 33.0 Å². The van der Waals surface area contributed by atoms with E-state index in [-0.39, 0.29) is 5.97 Å². The summed E-state index contributed by atoms with van der Waals surface area (Å²) in [5, 5.41) is 3.23. The second-order valence-corrected chi connectivity index (χ2v) is 3.85. The zero-order valence-electron chi connectivity index (χ0n) is 10.4. The number of nitrogens with zero attached hydrogens (tertiary/aromatic N) is 1. The van der Waals surface area contributed by atoms with Crippen LogP contribution in [0.25, 0.3) is 0 Å². The third-order valence-electron chi connectivity index (χ3n) is 2.48. The number of carbonyl (C=O) groups is 1. The fourth-order valence-corrected chi connectivity index (χ4v) is 1.56. The SMILES string of the molecule is COCCOCCOC(=O)CN1CCNCC1. The lowest BCUT2D eigenvalue weighted by Gasteiger charge is -2.25. The molecular formula is C11H22N2O4. The van der Waals surface area contributed by atoms with Crippen LogP contribution in [0.3, 0.4) is 0 Å². The van der Waals surface area contributed by atoms with Crippen molar-refractivity contribution in [3.05, 3.63) is 0 Å². The third kappa shape index (κ3) is 7.27. The van der Waals surface area contributed by atoms with E-state index in [1.165, 1.54) is 0 Å². The molecule has 6 nitrogen and oxygen atoms in total. The van der Waals surface area contributed by atoms with Crippen LogP contribution < -0.4 is 5.32 Å². The molecule has 1 saturated heterocycles. The van der Waals surface area contributed by atoms with Crippen molar-refractivity contribution in [2.24, 2.45) is 0 Å². The molecule has 1 fully saturated rings. The predicted molar refractivity (Wildman–Crippen MR) is 63.0 cm³/mol. The number of hydrogen-bond acceptors (Lipinski definition) is 6. The van der Waals surface area contributed by atoms with Crippen molar-refractivity contribution in [3.8, 4) is 0 Å². The molecule has 0 saturated carbocycles. The molecule has 0 spiro atoms. The highest BCUT2D eigenvalue weighted by Crippen LogP contribution is 1.93. The highest BCUT2D eigenvalue weighted by molar-refractivity contribution is 5.71. The summed E-state index contributed by atoms with van der Waals surface area (Å²) in [6.45, 7) is 5.89. The van der Waals surface area contributed by atoms with Gasteiger partial charge in [0.2, 0.25) is 0 Å². The standard InChI is InChI=1S/C11H22N2O4/c1-15-6-7-16-8-9-17-11(14)10-13-4-2-12-3-5-13/h12H,2-10H2,1H3. The second-order valence-electron chi connectivity index (χ2n) is 3.85. The van der Waals surface area contributed by atoms with E-state index in [1.807, 2.05) is 0 Å². The van der Waals surface area contributed by atoms with Gasteiger partial charge in [0, 0.05) is 33.3 Å². The zero-order chi connectivity index (χ0) is 12.3. The quantitative estimate of drug-likeness (QED) is 0.442. The van der Waals surface area contributed by atoms with Gasteiger partial charge in [0.15, 0.2) is 0 Å². The minimum atomic E-state index is -0.178. The van der Waals surface area contributed by atoms with Crippen LogP contribution in [0.15, 0.2) is 0 Å². The molecule has 0 atom stereocenters. The minimum absolute atomic E-state index is 0.178. The van der Waals surface area contributed by atoms with Gasteiger partial charge in [-0.25, -0.2) is 0 Å². The monoisotopic (exact) mass is 246 g/mol. The van der Waals surface area contributed by atoms with Crippen LogP contribution in [-0.4, -0.2) is 77.1 Å². The molecule has 1 heterocycles. The fourth-order valence-electron chi connectivity index (χ4n) is 1.56. The van der Waals surface area contributed by atoms with Crippen LogP contribution in [0, 0.1) is 0 Å². The first-order valence-electron chi connectivity index (χ1n) is 5.98. The highest BCUT2D eigenvalue weighted by atomic mass is 16.6. The number of esters is 1. The molecule has 100 valence electrons. The zero-order valence-corrected chi connectivity index (χ0v) is 10.4. The third-order valence-corrected chi connectivity index (χ3v) is 2.48. The number of ether oxygens (including phenoxy) is 3. The molecule has 0 aliphatic carbocycles. The summed E-state index contributed by atoms with van der Waals surface area (Å²) >= 11 is 0. The van der Waals surface area contributed by atoms with Crippen LogP contribution >= 0.6 is 0 Å². The average Bonchev–Trinajstić information content (AvgIpc) is 2.35. The maximum atomic E-state index is 11.4. The number of carbonyl (C=O) groups excluding carboxylic acids is 1. The van der Waals surface area contributed by atoms with Gasteiger partial charge in [-0.15, -0.1) is 0 Å². The summed E-state index contributed by atoms with van der Waals surface area (Å²) in [7, 11) is 1.62. The molecule has 6 heteroatoms. The van der Waals surface area contributed by atoms with Crippen LogP contribution in [-0.2, 0) is 19.0 Å². The maximum absolute atomic E-state index is 11.4. The number of nitrogens with one attached hydrogen (secondary N) is 1. The largest absolute Gasteiger partial charge is 0.462 e. The van der Waals surface area contributed by atoms with Crippen LogP contribution in [0.4, 0.5) is 0 Å². The Labute approximate surface area is 102 Å². The first kappa shape index (κ1) is 14.4. The van der Waals surface area contributed by atoms with Gasteiger partial charge in [-0.3, -0.25) is 9.69 Å². The van der Waals surface area contributed by atoms with Gasteiger partial charge in [0.25, 0.3) is 0 Å². The van der Waals surface area contributed by atoms with Crippen LogP contribution in [0.1, 0.15) is 0 Å². The van der Waals surface area contributed by atoms with Crippen molar-refractivity contribution in [1.29, 1.82) is 0 Å². The smallest absolute Gasteiger partial charge is 0.320 e. The maximum Gasteiger partial charge on any atom is 0.320 e. The lowest BCUT2D eigenvalue weighted by Crippen LogP contribution is -2.45. The van der Waals surface area contributed by atoms with Crippen molar-refractivity contribution < 1.29 is 19.0 Å².